The van der Waals surface area contributed by atoms with Gasteiger partial charge in [-0.25, -0.2) is 4.79 Å². The van der Waals surface area contributed by atoms with Crippen LogP contribution < -0.4 is 10.6 Å². The second-order valence-electron chi connectivity index (χ2n) is 5.53. The van der Waals surface area contributed by atoms with Crippen LogP contribution in [0.3, 0.4) is 0 Å². The van der Waals surface area contributed by atoms with Gasteiger partial charge in [0.1, 0.15) is 0 Å². The van der Waals surface area contributed by atoms with Crippen molar-refractivity contribution in [3.05, 3.63) is 0 Å². The Labute approximate surface area is 112 Å². The van der Waals surface area contributed by atoms with Gasteiger partial charge in [0.25, 0.3) is 0 Å². The molecular formula is C12H21N3O4. The lowest BCUT2D eigenvalue weighted by Gasteiger charge is -2.30. The van der Waals surface area contributed by atoms with Crippen LogP contribution in [-0.4, -0.2) is 54.1 Å². The first kappa shape index (κ1) is 15.3. The number of hydrogen-bond acceptors (Lipinski definition) is 3. The number of piperidine rings is 1. The first-order chi connectivity index (χ1) is 8.72. The summed E-state index contributed by atoms with van der Waals surface area (Å²) in [4.78, 5) is 35.4. The number of amides is 3. The van der Waals surface area contributed by atoms with E-state index in [9.17, 15) is 14.4 Å². The molecule has 0 saturated carbocycles. The number of rotatable bonds is 4. The third-order valence-corrected chi connectivity index (χ3v) is 3.23. The summed E-state index contributed by atoms with van der Waals surface area (Å²) < 4.78 is 0. The van der Waals surface area contributed by atoms with Crippen molar-refractivity contribution in [3.8, 4) is 0 Å². The second-order valence-corrected chi connectivity index (χ2v) is 5.53. The molecular weight excluding hydrogens is 250 g/mol. The van der Waals surface area contributed by atoms with E-state index >= 15 is 0 Å². The third kappa shape index (κ3) is 4.42. The summed E-state index contributed by atoms with van der Waals surface area (Å²) >= 11 is 0. The zero-order valence-corrected chi connectivity index (χ0v) is 11.5. The van der Waals surface area contributed by atoms with Crippen LogP contribution in [0.5, 0.6) is 0 Å². The van der Waals surface area contributed by atoms with Crippen LogP contribution in [0.15, 0.2) is 0 Å². The summed E-state index contributed by atoms with van der Waals surface area (Å²) in [6.07, 6.45) is 1.03. The molecule has 0 aliphatic carbocycles. The number of aliphatic carboxylic acids is 1. The van der Waals surface area contributed by atoms with E-state index in [1.54, 1.807) is 25.8 Å². The molecule has 0 spiro atoms. The third-order valence-electron chi connectivity index (χ3n) is 3.23. The van der Waals surface area contributed by atoms with E-state index in [0.717, 1.165) is 0 Å². The molecule has 0 aromatic heterocycles. The molecule has 1 aliphatic rings. The Hall–Kier alpha value is -1.79. The number of carbonyl (C=O) groups is 3. The van der Waals surface area contributed by atoms with E-state index in [4.69, 9.17) is 5.11 Å². The molecule has 0 aromatic rings. The molecule has 0 aromatic carbocycles. The van der Waals surface area contributed by atoms with Gasteiger partial charge >= 0.3 is 12.0 Å². The SMILES string of the molecule is CN1CC(NC(=O)NCC(C)(C)C(=O)O)CCC1=O. The highest BCUT2D eigenvalue weighted by Crippen LogP contribution is 2.13. The minimum Gasteiger partial charge on any atom is -0.481 e. The Morgan fingerprint density at radius 1 is 1.47 bits per heavy atom. The first-order valence-electron chi connectivity index (χ1n) is 6.24. The van der Waals surface area contributed by atoms with E-state index in [0.29, 0.717) is 19.4 Å². The Morgan fingerprint density at radius 3 is 2.63 bits per heavy atom. The average molecular weight is 271 g/mol. The average Bonchev–Trinajstić information content (AvgIpc) is 2.31. The van der Waals surface area contributed by atoms with Crippen molar-refractivity contribution in [2.45, 2.75) is 32.7 Å². The molecule has 19 heavy (non-hydrogen) atoms. The van der Waals surface area contributed by atoms with Gasteiger partial charge in [-0.2, -0.15) is 0 Å². The molecule has 1 aliphatic heterocycles. The summed E-state index contributed by atoms with van der Waals surface area (Å²) in [5.74, 6) is -0.888. The maximum Gasteiger partial charge on any atom is 0.315 e. The summed E-state index contributed by atoms with van der Waals surface area (Å²) in [5.41, 5.74) is -1.00. The molecule has 7 heteroatoms. The van der Waals surface area contributed by atoms with Gasteiger partial charge in [0.15, 0.2) is 0 Å². The van der Waals surface area contributed by atoms with E-state index in [2.05, 4.69) is 10.6 Å². The van der Waals surface area contributed by atoms with Gasteiger partial charge in [0.2, 0.25) is 5.91 Å². The normalized spacial score (nSPS) is 20.1. The van der Waals surface area contributed by atoms with Gasteiger partial charge in [-0.15, -0.1) is 0 Å². The highest BCUT2D eigenvalue weighted by Gasteiger charge is 2.28. The van der Waals surface area contributed by atoms with Crippen LogP contribution in [0.25, 0.3) is 0 Å². The molecule has 1 fully saturated rings. The maximum atomic E-state index is 11.7. The molecule has 0 bridgehead atoms. The van der Waals surface area contributed by atoms with Crippen molar-refractivity contribution >= 4 is 17.9 Å². The summed E-state index contributed by atoms with van der Waals surface area (Å²) in [6, 6.07) is -0.488. The number of carbonyl (C=O) groups excluding carboxylic acids is 2. The lowest BCUT2D eigenvalue weighted by atomic mass is 9.94. The highest BCUT2D eigenvalue weighted by atomic mass is 16.4. The van der Waals surface area contributed by atoms with Gasteiger partial charge in [-0.05, 0) is 20.3 Å². The van der Waals surface area contributed by atoms with Crippen LogP contribution in [0.4, 0.5) is 4.79 Å². The Bertz CT molecular complexity index is 381. The van der Waals surface area contributed by atoms with Crippen LogP contribution in [-0.2, 0) is 9.59 Å². The van der Waals surface area contributed by atoms with Crippen molar-refractivity contribution in [1.82, 2.24) is 15.5 Å². The fraction of sp³-hybridized carbons (Fsp3) is 0.750. The number of likely N-dealkylation sites (tertiary alicyclic amines) is 1. The van der Waals surface area contributed by atoms with Gasteiger partial charge < -0.3 is 20.6 Å². The Morgan fingerprint density at radius 2 is 2.11 bits per heavy atom. The monoisotopic (exact) mass is 271 g/mol. The molecule has 0 radical (unpaired) electrons. The van der Waals surface area contributed by atoms with E-state index in [-0.39, 0.29) is 18.5 Å². The fourth-order valence-electron chi connectivity index (χ4n) is 1.74. The molecule has 1 heterocycles. The maximum absolute atomic E-state index is 11.7. The number of likely N-dealkylation sites (N-methyl/N-ethyl adjacent to an activating group) is 1. The van der Waals surface area contributed by atoms with Gasteiger partial charge in [0, 0.05) is 32.6 Å². The van der Waals surface area contributed by atoms with Gasteiger partial charge in [-0.1, -0.05) is 0 Å². The lowest BCUT2D eigenvalue weighted by molar-refractivity contribution is -0.146. The van der Waals surface area contributed by atoms with Crippen LogP contribution in [0.2, 0.25) is 0 Å². The van der Waals surface area contributed by atoms with Crippen molar-refractivity contribution in [1.29, 1.82) is 0 Å². The molecule has 7 nitrogen and oxygen atoms in total. The molecule has 1 atom stereocenters. The van der Waals surface area contributed by atoms with Crippen molar-refractivity contribution in [2.24, 2.45) is 5.41 Å². The summed E-state index contributed by atoms with van der Waals surface area (Å²) in [5, 5.41) is 14.2. The fourth-order valence-corrected chi connectivity index (χ4v) is 1.74. The Kier molecular flexibility index (Phi) is 4.74. The zero-order valence-electron chi connectivity index (χ0n) is 11.5. The van der Waals surface area contributed by atoms with Gasteiger partial charge in [0.05, 0.1) is 5.41 Å². The predicted octanol–water partition coefficient (Wildman–Crippen LogP) is 0.0172. The smallest absolute Gasteiger partial charge is 0.315 e. The molecule has 1 unspecified atom stereocenters. The molecule has 1 rings (SSSR count). The largest absolute Gasteiger partial charge is 0.481 e. The number of nitrogens with one attached hydrogen (secondary N) is 2. The lowest BCUT2D eigenvalue weighted by Crippen LogP contribution is -2.52. The topological polar surface area (TPSA) is 98.7 Å². The summed E-state index contributed by atoms with van der Waals surface area (Å²) in [7, 11) is 1.70. The molecule has 3 amide bonds. The number of nitrogens with zero attached hydrogens (tertiary/aromatic N) is 1. The zero-order chi connectivity index (χ0) is 14.6. The number of hydrogen-bond donors (Lipinski definition) is 3. The summed E-state index contributed by atoms with van der Waals surface area (Å²) in [6.45, 7) is 3.62. The van der Waals surface area contributed by atoms with Crippen molar-refractivity contribution in [3.63, 3.8) is 0 Å². The van der Waals surface area contributed by atoms with Crippen molar-refractivity contribution < 1.29 is 19.5 Å². The molecule has 3 N–H and O–H groups in total. The molecule has 108 valence electrons. The molecule has 1 saturated heterocycles. The highest BCUT2D eigenvalue weighted by molar-refractivity contribution is 5.79. The number of carboxylic acid groups (broad SMARTS) is 1. The standard InChI is InChI=1S/C12H21N3O4/c1-12(2,10(17)18)7-13-11(19)14-8-4-5-9(16)15(3)6-8/h8H,4-7H2,1-3H3,(H,17,18)(H2,13,14,19). The van der Waals surface area contributed by atoms with Crippen LogP contribution >= 0.6 is 0 Å². The quantitative estimate of drug-likeness (QED) is 0.671. The minimum atomic E-state index is -1.00. The predicted molar refractivity (Wildman–Crippen MR) is 68.6 cm³/mol. The number of carboxylic acids is 1. The Balaban J connectivity index is 2.36. The van der Waals surface area contributed by atoms with E-state index in [1.807, 2.05) is 0 Å². The number of urea groups is 1. The van der Waals surface area contributed by atoms with Gasteiger partial charge in [-0.3, -0.25) is 9.59 Å². The van der Waals surface area contributed by atoms with Crippen molar-refractivity contribution in [2.75, 3.05) is 20.1 Å². The van der Waals surface area contributed by atoms with Crippen LogP contribution in [0, 0.1) is 5.41 Å². The van der Waals surface area contributed by atoms with E-state index < -0.39 is 17.4 Å². The first-order valence-corrected chi connectivity index (χ1v) is 6.24. The van der Waals surface area contributed by atoms with E-state index in [1.165, 1.54) is 0 Å². The minimum absolute atomic E-state index is 0.0512. The second kappa shape index (κ2) is 5.90. The van der Waals surface area contributed by atoms with Crippen LogP contribution in [0.1, 0.15) is 26.7 Å².